The number of carbonyl (C=O) groups excluding carboxylic acids is 2. The van der Waals surface area contributed by atoms with E-state index >= 15 is 0 Å². The molecule has 19 heavy (non-hydrogen) atoms. The monoisotopic (exact) mass is 391 g/mol. The highest BCUT2D eigenvalue weighted by molar-refractivity contribution is 14.1. The van der Waals surface area contributed by atoms with Crippen molar-refractivity contribution in [2.75, 3.05) is 24.3 Å². The Morgan fingerprint density at radius 1 is 1.58 bits per heavy atom. The number of esters is 1. The zero-order valence-corrected chi connectivity index (χ0v) is 13.5. The molecule has 0 saturated carbocycles. The molecule has 102 valence electrons. The van der Waals surface area contributed by atoms with Gasteiger partial charge in [0.15, 0.2) is 0 Å². The van der Waals surface area contributed by atoms with E-state index in [1.807, 2.05) is 0 Å². The van der Waals surface area contributed by atoms with Crippen LogP contribution in [0.4, 0.5) is 5.69 Å². The van der Waals surface area contributed by atoms with E-state index in [2.05, 4.69) is 40.0 Å². The molecule has 0 aliphatic carbocycles. The van der Waals surface area contributed by atoms with Crippen LogP contribution in [0.2, 0.25) is 0 Å². The lowest BCUT2D eigenvalue weighted by Gasteiger charge is -2.18. The van der Waals surface area contributed by atoms with E-state index in [0.717, 1.165) is 9.26 Å². The third-order valence-corrected chi connectivity index (χ3v) is 4.50. The Morgan fingerprint density at radius 2 is 2.32 bits per heavy atom. The van der Waals surface area contributed by atoms with Gasteiger partial charge >= 0.3 is 5.97 Å². The number of nitrogens with zero attached hydrogens (tertiary/aromatic N) is 1. The first-order valence-corrected chi connectivity index (χ1v) is 7.57. The summed E-state index contributed by atoms with van der Waals surface area (Å²) in [5.41, 5.74) is 1.34. The van der Waals surface area contributed by atoms with Gasteiger partial charge in [-0.05, 0) is 52.5 Å². The summed E-state index contributed by atoms with van der Waals surface area (Å²) < 4.78 is 5.55. The SMILES string of the molecule is COC(=O)c1ccc(N2CC(CS)CC2=O)c(I)c1. The zero-order chi connectivity index (χ0) is 14.0. The van der Waals surface area contributed by atoms with Gasteiger partial charge in [0.2, 0.25) is 5.91 Å². The average Bonchev–Trinajstić information content (AvgIpc) is 2.79. The fourth-order valence-corrected chi connectivity index (χ4v) is 3.16. The Balaban J connectivity index is 2.27. The minimum atomic E-state index is -0.370. The molecule has 1 heterocycles. The molecule has 4 nitrogen and oxygen atoms in total. The van der Waals surface area contributed by atoms with Crippen LogP contribution in [0.15, 0.2) is 18.2 Å². The van der Waals surface area contributed by atoms with Gasteiger partial charge in [-0.15, -0.1) is 0 Å². The lowest BCUT2D eigenvalue weighted by Crippen LogP contribution is -2.25. The van der Waals surface area contributed by atoms with Gasteiger partial charge < -0.3 is 9.64 Å². The summed E-state index contributed by atoms with van der Waals surface area (Å²) in [6.45, 7) is 0.690. The molecule has 1 saturated heterocycles. The van der Waals surface area contributed by atoms with E-state index < -0.39 is 0 Å². The maximum Gasteiger partial charge on any atom is 0.337 e. The minimum absolute atomic E-state index is 0.114. The highest BCUT2D eigenvalue weighted by atomic mass is 127. The standard InChI is InChI=1S/C13H14INO3S/c1-18-13(17)9-2-3-11(10(14)5-9)15-6-8(7-19)4-12(15)16/h2-3,5,8,19H,4,6-7H2,1H3. The molecule has 1 atom stereocenters. The van der Waals surface area contributed by atoms with E-state index in [0.29, 0.717) is 30.2 Å². The summed E-state index contributed by atoms with van der Waals surface area (Å²) in [5.74, 6) is 0.749. The lowest BCUT2D eigenvalue weighted by molar-refractivity contribution is -0.117. The van der Waals surface area contributed by atoms with Crippen molar-refractivity contribution in [2.45, 2.75) is 6.42 Å². The third kappa shape index (κ3) is 3.05. The maximum atomic E-state index is 12.0. The summed E-state index contributed by atoms with van der Waals surface area (Å²) in [6, 6.07) is 5.22. The molecule has 0 spiro atoms. The van der Waals surface area contributed by atoms with Gasteiger partial charge in [-0.2, -0.15) is 12.6 Å². The van der Waals surface area contributed by atoms with E-state index in [1.165, 1.54) is 7.11 Å². The van der Waals surface area contributed by atoms with Crippen molar-refractivity contribution >= 4 is 52.8 Å². The highest BCUT2D eigenvalue weighted by Gasteiger charge is 2.30. The zero-order valence-electron chi connectivity index (χ0n) is 10.4. The molecule has 1 unspecified atom stereocenters. The summed E-state index contributed by atoms with van der Waals surface area (Å²) in [6.07, 6.45) is 0.540. The molecule has 1 aliphatic heterocycles. The Hall–Kier alpha value is -0.760. The number of hydrogen-bond acceptors (Lipinski definition) is 4. The molecule has 2 rings (SSSR count). The first-order chi connectivity index (χ1) is 9.06. The second-order valence-electron chi connectivity index (χ2n) is 4.41. The number of carbonyl (C=O) groups is 2. The fourth-order valence-electron chi connectivity index (χ4n) is 2.11. The Labute approximate surface area is 131 Å². The number of halogens is 1. The quantitative estimate of drug-likeness (QED) is 0.489. The van der Waals surface area contributed by atoms with Crippen LogP contribution >= 0.6 is 35.2 Å². The maximum absolute atomic E-state index is 12.0. The summed E-state index contributed by atoms with van der Waals surface area (Å²) >= 11 is 6.38. The molecule has 1 aromatic rings. The minimum Gasteiger partial charge on any atom is -0.465 e. The summed E-state index contributed by atoms with van der Waals surface area (Å²) in [5, 5.41) is 0. The van der Waals surface area contributed by atoms with Gasteiger partial charge in [0.05, 0.1) is 18.4 Å². The predicted octanol–water partition coefficient (Wildman–Crippen LogP) is 2.36. The molecular weight excluding hydrogens is 377 g/mol. The van der Waals surface area contributed by atoms with Crippen molar-refractivity contribution in [1.29, 1.82) is 0 Å². The summed E-state index contributed by atoms with van der Waals surface area (Å²) in [4.78, 5) is 25.2. The van der Waals surface area contributed by atoms with Gasteiger partial charge in [-0.1, -0.05) is 0 Å². The number of hydrogen-bond donors (Lipinski definition) is 1. The van der Waals surface area contributed by atoms with Crippen molar-refractivity contribution < 1.29 is 14.3 Å². The number of thiol groups is 1. The van der Waals surface area contributed by atoms with Gasteiger partial charge in [0, 0.05) is 16.5 Å². The van der Waals surface area contributed by atoms with Crippen LogP contribution in [0.3, 0.4) is 0 Å². The van der Waals surface area contributed by atoms with Crippen molar-refractivity contribution in [1.82, 2.24) is 0 Å². The molecule has 1 aliphatic rings. The van der Waals surface area contributed by atoms with Gasteiger partial charge in [0.1, 0.15) is 0 Å². The third-order valence-electron chi connectivity index (χ3n) is 3.12. The second kappa shape index (κ2) is 6.13. The van der Waals surface area contributed by atoms with Crippen LogP contribution in [0.5, 0.6) is 0 Å². The van der Waals surface area contributed by atoms with Crippen LogP contribution in [0.25, 0.3) is 0 Å². The summed E-state index contributed by atoms with van der Waals surface area (Å²) in [7, 11) is 1.35. The van der Waals surface area contributed by atoms with Gasteiger partial charge in [-0.3, -0.25) is 4.79 Å². The van der Waals surface area contributed by atoms with Gasteiger partial charge in [-0.25, -0.2) is 4.79 Å². The predicted molar refractivity (Wildman–Crippen MR) is 84.8 cm³/mol. The Kier molecular flexibility index (Phi) is 4.72. The average molecular weight is 391 g/mol. The van der Waals surface area contributed by atoms with E-state index in [1.54, 1.807) is 23.1 Å². The number of benzene rings is 1. The molecule has 0 radical (unpaired) electrons. The molecule has 0 bridgehead atoms. The van der Waals surface area contributed by atoms with Crippen LogP contribution in [0, 0.1) is 9.49 Å². The molecular formula is C13H14INO3S. The lowest BCUT2D eigenvalue weighted by atomic mass is 10.1. The van der Waals surface area contributed by atoms with E-state index in [4.69, 9.17) is 0 Å². The number of ether oxygens (including phenoxy) is 1. The van der Waals surface area contributed by atoms with Crippen LogP contribution in [0.1, 0.15) is 16.8 Å². The number of rotatable bonds is 3. The topological polar surface area (TPSA) is 46.6 Å². The first-order valence-electron chi connectivity index (χ1n) is 5.86. The Morgan fingerprint density at radius 3 is 2.84 bits per heavy atom. The second-order valence-corrected chi connectivity index (χ2v) is 5.94. The molecule has 6 heteroatoms. The normalized spacial score (nSPS) is 18.8. The van der Waals surface area contributed by atoms with E-state index in [9.17, 15) is 9.59 Å². The van der Waals surface area contributed by atoms with E-state index in [-0.39, 0.29) is 11.9 Å². The Bertz CT molecular complexity index is 521. The highest BCUT2D eigenvalue weighted by Crippen LogP contribution is 2.30. The number of methoxy groups -OCH3 is 1. The van der Waals surface area contributed by atoms with Crippen LogP contribution < -0.4 is 4.90 Å². The molecule has 0 aromatic heterocycles. The van der Waals surface area contributed by atoms with Crippen LogP contribution in [-0.2, 0) is 9.53 Å². The molecule has 1 aromatic carbocycles. The van der Waals surface area contributed by atoms with Crippen molar-refractivity contribution in [3.8, 4) is 0 Å². The molecule has 0 N–H and O–H groups in total. The molecule has 1 amide bonds. The van der Waals surface area contributed by atoms with Gasteiger partial charge in [0.25, 0.3) is 0 Å². The molecule has 1 fully saturated rings. The largest absolute Gasteiger partial charge is 0.465 e. The fraction of sp³-hybridized carbons (Fsp3) is 0.385. The van der Waals surface area contributed by atoms with Crippen molar-refractivity contribution in [3.63, 3.8) is 0 Å². The van der Waals surface area contributed by atoms with Crippen LogP contribution in [-0.4, -0.2) is 31.3 Å². The van der Waals surface area contributed by atoms with Crippen molar-refractivity contribution in [2.24, 2.45) is 5.92 Å². The smallest absolute Gasteiger partial charge is 0.337 e. The first kappa shape index (κ1) is 14.6. The van der Waals surface area contributed by atoms with Crippen molar-refractivity contribution in [3.05, 3.63) is 27.3 Å². The number of amides is 1. The number of anilines is 1.